The summed E-state index contributed by atoms with van der Waals surface area (Å²) in [5.41, 5.74) is 2.91. The minimum absolute atomic E-state index is 0.126. The van der Waals surface area contributed by atoms with Crippen molar-refractivity contribution in [2.75, 3.05) is 20.2 Å². The first kappa shape index (κ1) is 21.6. The highest BCUT2D eigenvalue weighted by atomic mass is 16.5. The molecule has 5 nitrogen and oxygen atoms in total. The molecule has 0 saturated carbocycles. The Morgan fingerprint density at radius 2 is 1.53 bits per heavy atom. The summed E-state index contributed by atoms with van der Waals surface area (Å²) >= 11 is 0. The number of carbonyl (C=O) groups excluding carboxylic acids is 1. The van der Waals surface area contributed by atoms with Crippen LogP contribution in [0, 0.1) is 0 Å². The number of hydrogen-bond acceptors (Lipinski definition) is 4. The normalized spacial score (nSPS) is 11.8. The van der Waals surface area contributed by atoms with E-state index in [1.54, 1.807) is 7.11 Å². The third-order valence-corrected chi connectivity index (χ3v) is 4.88. The zero-order valence-corrected chi connectivity index (χ0v) is 17.1. The molecule has 0 heterocycles. The number of carbonyl (C=O) groups is 1. The van der Waals surface area contributed by atoms with Gasteiger partial charge in [0.1, 0.15) is 5.75 Å². The Hall–Kier alpha value is -3.15. The van der Waals surface area contributed by atoms with E-state index in [2.05, 4.69) is 10.6 Å². The first-order chi connectivity index (χ1) is 14.7. The highest BCUT2D eigenvalue weighted by Gasteiger charge is 2.22. The number of aliphatic hydroxyl groups is 1. The lowest BCUT2D eigenvalue weighted by atomic mass is 9.90. The molecule has 0 aliphatic rings. The van der Waals surface area contributed by atoms with Gasteiger partial charge in [0.15, 0.2) is 0 Å². The summed E-state index contributed by atoms with van der Waals surface area (Å²) < 4.78 is 5.22. The van der Waals surface area contributed by atoms with Crippen LogP contribution in [-0.4, -0.2) is 37.3 Å². The number of rotatable bonds is 10. The summed E-state index contributed by atoms with van der Waals surface area (Å²) in [7, 11) is 1.64. The standard InChI is InChI=1S/C25H28N2O3/c1-30-23-14-8-9-19(15-23)16-26-17-22(28)18-27-25(29)24(20-10-4-2-5-11-20)21-12-6-3-7-13-21/h2-15,22,24,26,28H,16-18H2,1H3,(H,27,29). The summed E-state index contributed by atoms with van der Waals surface area (Å²) in [5, 5.41) is 16.4. The molecule has 30 heavy (non-hydrogen) atoms. The molecule has 0 radical (unpaired) electrons. The summed E-state index contributed by atoms with van der Waals surface area (Å²) in [6.07, 6.45) is -0.688. The van der Waals surface area contributed by atoms with Gasteiger partial charge in [-0.3, -0.25) is 4.79 Å². The van der Waals surface area contributed by atoms with E-state index in [-0.39, 0.29) is 12.5 Å². The van der Waals surface area contributed by atoms with Crippen molar-refractivity contribution in [2.45, 2.75) is 18.6 Å². The van der Waals surface area contributed by atoms with Gasteiger partial charge in [-0.05, 0) is 28.8 Å². The Morgan fingerprint density at radius 1 is 0.900 bits per heavy atom. The van der Waals surface area contributed by atoms with Crippen molar-refractivity contribution in [1.29, 1.82) is 0 Å². The van der Waals surface area contributed by atoms with Crippen LogP contribution in [0.5, 0.6) is 5.75 Å². The van der Waals surface area contributed by atoms with Crippen molar-refractivity contribution >= 4 is 5.91 Å². The number of amides is 1. The SMILES string of the molecule is COc1cccc(CNCC(O)CNC(=O)C(c2ccccc2)c2ccccc2)c1. The maximum Gasteiger partial charge on any atom is 0.232 e. The fraction of sp³-hybridized carbons (Fsp3) is 0.240. The van der Waals surface area contributed by atoms with Crippen molar-refractivity contribution in [3.8, 4) is 5.75 Å². The van der Waals surface area contributed by atoms with Crippen LogP contribution in [-0.2, 0) is 11.3 Å². The van der Waals surface area contributed by atoms with E-state index < -0.39 is 12.0 Å². The first-order valence-electron chi connectivity index (χ1n) is 10.1. The van der Waals surface area contributed by atoms with Gasteiger partial charge in [-0.25, -0.2) is 0 Å². The third kappa shape index (κ3) is 6.17. The minimum Gasteiger partial charge on any atom is -0.497 e. The Morgan fingerprint density at radius 3 is 2.13 bits per heavy atom. The molecule has 1 amide bonds. The predicted molar refractivity (Wildman–Crippen MR) is 118 cm³/mol. The summed E-state index contributed by atoms with van der Waals surface area (Å²) in [5.74, 6) is 0.263. The zero-order chi connectivity index (χ0) is 21.2. The number of nitrogens with one attached hydrogen (secondary N) is 2. The van der Waals surface area contributed by atoms with Crippen LogP contribution < -0.4 is 15.4 Å². The lowest BCUT2D eigenvalue weighted by Crippen LogP contribution is -2.40. The van der Waals surface area contributed by atoms with E-state index in [0.29, 0.717) is 13.1 Å². The second-order valence-corrected chi connectivity index (χ2v) is 7.14. The number of aliphatic hydroxyl groups excluding tert-OH is 1. The molecule has 0 spiro atoms. The van der Waals surface area contributed by atoms with Crippen LogP contribution in [0.25, 0.3) is 0 Å². The van der Waals surface area contributed by atoms with Gasteiger partial charge in [0.05, 0.1) is 19.1 Å². The molecule has 0 bridgehead atoms. The average Bonchev–Trinajstić information content (AvgIpc) is 2.79. The van der Waals surface area contributed by atoms with Gasteiger partial charge in [-0.2, -0.15) is 0 Å². The van der Waals surface area contributed by atoms with E-state index in [1.165, 1.54) is 0 Å². The smallest absolute Gasteiger partial charge is 0.232 e. The average molecular weight is 405 g/mol. The second-order valence-electron chi connectivity index (χ2n) is 7.14. The maximum atomic E-state index is 13.0. The molecule has 156 valence electrons. The molecule has 3 rings (SSSR count). The Kier molecular flexibility index (Phi) is 8.01. The third-order valence-electron chi connectivity index (χ3n) is 4.88. The van der Waals surface area contributed by atoms with Crippen LogP contribution in [0.15, 0.2) is 84.9 Å². The van der Waals surface area contributed by atoms with E-state index in [1.807, 2.05) is 84.9 Å². The van der Waals surface area contributed by atoms with Gasteiger partial charge < -0.3 is 20.5 Å². The highest BCUT2D eigenvalue weighted by molar-refractivity contribution is 5.87. The van der Waals surface area contributed by atoms with Gasteiger partial charge >= 0.3 is 0 Å². The fourth-order valence-corrected chi connectivity index (χ4v) is 3.34. The van der Waals surface area contributed by atoms with Crippen molar-refractivity contribution in [3.63, 3.8) is 0 Å². The molecule has 0 aliphatic heterocycles. The number of hydrogen-bond donors (Lipinski definition) is 3. The number of benzene rings is 3. The lowest BCUT2D eigenvalue weighted by molar-refractivity contribution is -0.122. The molecule has 3 N–H and O–H groups in total. The number of ether oxygens (including phenoxy) is 1. The molecule has 0 saturated heterocycles. The Balaban J connectivity index is 1.53. The number of methoxy groups -OCH3 is 1. The van der Waals surface area contributed by atoms with Crippen molar-refractivity contribution in [1.82, 2.24) is 10.6 Å². The van der Waals surface area contributed by atoms with Crippen LogP contribution >= 0.6 is 0 Å². The zero-order valence-electron chi connectivity index (χ0n) is 17.1. The van der Waals surface area contributed by atoms with Gasteiger partial charge in [0, 0.05) is 19.6 Å². The monoisotopic (exact) mass is 404 g/mol. The summed E-state index contributed by atoms with van der Waals surface area (Å²) in [6.45, 7) is 1.16. The second kappa shape index (κ2) is 11.1. The molecule has 0 aliphatic carbocycles. The van der Waals surface area contributed by atoms with Crippen molar-refractivity contribution in [3.05, 3.63) is 102 Å². The molecule has 3 aromatic rings. The van der Waals surface area contributed by atoms with Crippen molar-refractivity contribution < 1.29 is 14.6 Å². The van der Waals surface area contributed by atoms with Crippen LogP contribution in [0.1, 0.15) is 22.6 Å². The summed E-state index contributed by atoms with van der Waals surface area (Å²) in [4.78, 5) is 13.0. The van der Waals surface area contributed by atoms with E-state index in [4.69, 9.17) is 4.74 Å². The van der Waals surface area contributed by atoms with Crippen molar-refractivity contribution in [2.24, 2.45) is 0 Å². The van der Waals surface area contributed by atoms with Gasteiger partial charge in [0.25, 0.3) is 0 Å². The Bertz CT molecular complexity index is 876. The van der Waals surface area contributed by atoms with E-state index in [9.17, 15) is 9.90 Å². The largest absolute Gasteiger partial charge is 0.497 e. The van der Waals surface area contributed by atoms with Crippen LogP contribution in [0.4, 0.5) is 0 Å². The summed E-state index contributed by atoms with van der Waals surface area (Å²) in [6, 6.07) is 27.1. The highest BCUT2D eigenvalue weighted by Crippen LogP contribution is 2.24. The predicted octanol–water partition coefficient (Wildman–Crippen LogP) is 3.09. The molecular weight excluding hydrogens is 376 g/mol. The maximum absolute atomic E-state index is 13.0. The fourth-order valence-electron chi connectivity index (χ4n) is 3.34. The van der Waals surface area contributed by atoms with E-state index >= 15 is 0 Å². The minimum atomic E-state index is -0.688. The molecule has 5 heteroatoms. The Labute approximate surface area is 177 Å². The van der Waals surface area contributed by atoms with Gasteiger partial charge in [-0.15, -0.1) is 0 Å². The molecule has 0 aromatic heterocycles. The topological polar surface area (TPSA) is 70.6 Å². The van der Waals surface area contributed by atoms with Crippen LogP contribution in [0.2, 0.25) is 0 Å². The van der Waals surface area contributed by atoms with Gasteiger partial charge in [-0.1, -0.05) is 72.8 Å². The lowest BCUT2D eigenvalue weighted by Gasteiger charge is -2.19. The molecule has 0 fully saturated rings. The molecule has 3 aromatic carbocycles. The quantitative estimate of drug-likeness (QED) is 0.486. The molecule has 1 atom stereocenters. The van der Waals surface area contributed by atoms with Gasteiger partial charge in [0.2, 0.25) is 5.91 Å². The molecular formula is C25H28N2O3. The van der Waals surface area contributed by atoms with Crippen LogP contribution in [0.3, 0.4) is 0 Å². The van der Waals surface area contributed by atoms with E-state index in [0.717, 1.165) is 22.4 Å². The molecule has 1 unspecified atom stereocenters. The first-order valence-corrected chi connectivity index (χ1v) is 10.1.